The van der Waals surface area contributed by atoms with Crippen molar-refractivity contribution in [3.05, 3.63) is 62.0 Å². The average molecular weight is 329 g/mol. The molecule has 0 radical (unpaired) electrons. The molecule has 0 unspecified atom stereocenters. The van der Waals surface area contributed by atoms with Crippen molar-refractivity contribution in [2.45, 2.75) is 6.92 Å². The smallest absolute Gasteiger partial charge is 0.305 e. The van der Waals surface area contributed by atoms with Gasteiger partial charge in [-0.3, -0.25) is 14.9 Å². The van der Waals surface area contributed by atoms with Gasteiger partial charge in [-0.05, 0) is 19.1 Å². The number of non-ortho nitro benzene ring substituents is 1. The highest BCUT2D eigenvalue weighted by Crippen LogP contribution is 2.25. The fourth-order valence-electron chi connectivity index (χ4n) is 2.02. The zero-order valence-corrected chi connectivity index (χ0v) is 12.8. The van der Waals surface area contributed by atoms with Crippen LogP contribution in [0.15, 0.2) is 41.3 Å². The van der Waals surface area contributed by atoms with Crippen molar-refractivity contribution >= 4 is 28.7 Å². The number of nitrogens with zero attached hydrogens (tertiary/aromatic N) is 3. The number of benzene rings is 1. The summed E-state index contributed by atoms with van der Waals surface area (Å²) in [4.78, 5) is 33.5. The van der Waals surface area contributed by atoms with E-state index in [4.69, 9.17) is 0 Å². The van der Waals surface area contributed by atoms with Crippen molar-refractivity contribution in [3.8, 4) is 10.6 Å². The van der Waals surface area contributed by atoms with Gasteiger partial charge >= 0.3 is 4.87 Å². The van der Waals surface area contributed by atoms with Crippen LogP contribution < -0.4 is 10.2 Å². The van der Waals surface area contributed by atoms with Crippen molar-refractivity contribution in [1.29, 1.82) is 0 Å². The van der Waals surface area contributed by atoms with Gasteiger partial charge < -0.3 is 10.3 Å². The van der Waals surface area contributed by atoms with E-state index in [2.05, 4.69) is 20.3 Å². The lowest BCUT2D eigenvalue weighted by atomic mass is 10.3. The van der Waals surface area contributed by atoms with Crippen molar-refractivity contribution in [2.75, 3.05) is 5.32 Å². The van der Waals surface area contributed by atoms with Crippen LogP contribution in [0.1, 0.15) is 5.69 Å². The maximum Gasteiger partial charge on any atom is 0.305 e. The molecular weight excluding hydrogens is 318 g/mol. The molecule has 0 bridgehead atoms. The molecule has 23 heavy (non-hydrogen) atoms. The summed E-state index contributed by atoms with van der Waals surface area (Å²) >= 11 is 1.07. The Bertz CT molecular complexity index is 934. The summed E-state index contributed by atoms with van der Waals surface area (Å²) in [5.74, 6) is 0.295. The monoisotopic (exact) mass is 329 g/mol. The molecule has 0 atom stereocenters. The van der Waals surface area contributed by atoms with Crippen LogP contribution in [0.5, 0.6) is 0 Å². The number of nitro benzene ring substituents is 1. The van der Waals surface area contributed by atoms with E-state index in [0.717, 1.165) is 21.9 Å². The first-order chi connectivity index (χ1) is 11.0. The number of aromatic amines is 1. The lowest BCUT2D eigenvalue weighted by Crippen LogP contribution is -1.98. The molecule has 8 nitrogen and oxygen atoms in total. The molecule has 2 heterocycles. The number of nitro groups is 1. The lowest BCUT2D eigenvalue weighted by Gasteiger charge is -2.06. The number of aromatic nitrogens is 3. The van der Waals surface area contributed by atoms with E-state index >= 15 is 0 Å². The fraction of sp³-hybridized carbons (Fsp3) is 0.0714. The van der Waals surface area contributed by atoms with Crippen LogP contribution >= 0.6 is 11.3 Å². The third-order valence-electron chi connectivity index (χ3n) is 3.03. The zero-order valence-electron chi connectivity index (χ0n) is 11.9. The third kappa shape index (κ3) is 3.24. The van der Waals surface area contributed by atoms with Crippen LogP contribution in [0.2, 0.25) is 0 Å². The van der Waals surface area contributed by atoms with Crippen molar-refractivity contribution < 1.29 is 4.92 Å². The molecule has 2 N–H and O–H groups in total. The Morgan fingerprint density at radius 3 is 2.87 bits per heavy atom. The summed E-state index contributed by atoms with van der Waals surface area (Å²) in [5, 5.41) is 13.7. The lowest BCUT2D eigenvalue weighted by molar-refractivity contribution is -0.384. The van der Waals surface area contributed by atoms with Gasteiger partial charge in [-0.1, -0.05) is 17.4 Å². The Hall–Kier alpha value is -3.07. The second-order valence-electron chi connectivity index (χ2n) is 4.67. The standard InChI is InChI=1S/C14H11N5O3S/c1-8-12(23-14(20)16-8)11-5-6-15-13(18-11)17-9-3-2-4-10(7-9)19(21)22/h2-7H,1H3,(H,16,20)(H,15,17,18). The van der Waals surface area contributed by atoms with Crippen molar-refractivity contribution in [1.82, 2.24) is 15.0 Å². The molecule has 0 aliphatic carbocycles. The van der Waals surface area contributed by atoms with E-state index in [1.54, 1.807) is 31.3 Å². The Balaban J connectivity index is 1.91. The highest BCUT2D eigenvalue weighted by molar-refractivity contribution is 7.13. The Morgan fingerprint density at radius 1 is 1.35 bits per heavy atom. The Kier molecular flexibility index (Phi) is 3.85. The number of thiazole rings is 1. The third-order valence-corrected chi connectivity index (χ3v) is 4.03. The van der Waals surface area contributed by atoms with Gasteiger partial charge in [-0.2, -0.15) is 0 Å². The zero-order chi connectivity index (χ0) is 16.4. The SMILES string of the molecule is Cc1[nH]c(=O)sc1-c1ccnc(Nc2cccc([N+](=O)[O-])c2)n1. The predicted octanol–water partition coefficient (Wildman–Crippen LogP) is 2.85. The minimum Gasteiger partial charge on any atom is -0.324 e. The highest BCUT2D eigenvalue weighted by Gasteiger charge is 2.10. The molecule has 2 aromatic heterocycles. The average Bonchev–Trinajstić information content (AvgIpc) is 2.86. The van der Waals surface area contributed by atoms with Crippen LogP contribution in [0.4, 0.5) is 17.3 Å². The van der Waals surface area contributed by atoms with Gasteiger partial charge in [-0.15, -0.1) is 0 Å². The quantitative estimate of drug-likeness (QED) is 0.562. The molecule has 0 saturated carbocycles. The second kappa shape index (κ2) is 5.97. The maximum absolute atomic E-state index is 11.4. The molecule has 0 aliphatic rings. The van der Waals surface area contributed by atoms with E-state index in [1.165, 1.54) is 12.1 Å². The number of anilines is 2. The number of hydrogen-bond acceptors (Lipinski definition) is 7. The van der Waals surface area contributed by atoms with Crippen molar-refractivity contribution in [2.24, 2.45) is 0 Å². The van der Waals surface area contributed by atoms with Gasteiger partial charge in [0.05, 0.1) is 15.5 Å². The normalized spacial score (nSPS) is 10.5. The number of hydrogen-bond donors (Lipinski definition) is 2. The van der Waals surface area contributed by atoms with E-state index in [1.807, 2.05) is 0 Å². The number of H-pyrrole nitrogens is 1. The first-order valence-electron chi connectivity index (χ1n) is 6.57. The Morgan fingerprint density at radius 2 is 2.17 bits per heavy atom. The molecule has 1 aromatic carbocycles. The summed E-state index contributed by atoms with van der Waals surface area (Å²) in [6.07, 6.45) is 1.56. The van der Waals surface area contributed by atoms with Gasteiger partial charge in [0.1, 0.15) is 0 Å². The number of rotatable bonds is 4. The predicted molar refractivity (Wildman–Crippen MR) is 87.1 cm³/mol. The summed E-state index contributed by atoms with van der Waals surface area (Å²) in [6, 6.07) is 7.76. The van der Waals surface area contributed by atoms with E-state index in [0.29, 0.717) is 17.3 Å². The molecule has 0 saturated heterocycles. The van der Waals surface area contributed by atoms with Crippen LogP contribution in [0.25, 0.3) is 10.6 Å². The van der Waals surface area contributed by atoms with E-state index < -0.39 is 4.92 Å². The molecule has 0 spiro atoms. The molecular formula is C14H11N5O3S. The first-order valence-corrected chi connectivity index (χ1v) is 7.39. The molecule has 3 aromatic rings. The van der Waals surface area contributed by atoms with Crippen LogP contribution in [0, 0.1) is 17.0 Å². The first kappa shape index (κ1) is 14.9. The van der Waals surface area contributed by atoms with Crippen LogP contribution in [0.3, 0.4) is 0 Å². The van der Waals surface area contributed by atoms with Crippen LogP contribution in [-0.4, -0.2) is 19.9 Å². The van der Waals surface area contributed by atoms with Gasteiger partial charge in [-0.25, -0.2) is 9.97 Å². The molecule has 0 fully saturated rings. The topological polar surface area (TPSA) is 114 Å². The molecule has 9 heteroatoms. The molecule has 116 valence electrons. The minimum atomic E-state index is -0.469. The van der Waals surface area contributed by atoms with Gasteiger partial charge in [0.15, 0.2) is 0 Å². The summed E-state index contributed by atoms with van der Waals surface area (Å²) in [7, 11) is 0. The van der Waals surface area contributed by atoms with Crippen molar-refractivity contribution in [3.63, 3.8) is 0 Å². The Labute approximate surface area is 134 Å². The van der Waals surface area contributed by atoms with Gasteiger partial charge in [0.25, 0.3) is 5.69 Å². The van der Waals surface area contributed by atoms with Crippen LogP contribution in [-0.2, 0) is 0 Å². The van der Waals surface area contributed by atoms with Gasteiger partial charge in [0.2, 0.25) is 5.95 Å². The highest BCUT2D eigenvalue weighted by atomic mass is 32.1. The largest absolute Gasteiger partial charge is 0.324 e. The molecule has 0 aliphatic heterocycles. The number of aryl methyl sites for hydroxylation is 1. The maximum atomic E-state index is 11.4. The minimum absolute atomic E-state index is 0.0224. The molecule has 3 rings (SSSR count). The van der Waals surface area contributed by atoms with E-state index in [-0.39, 0.29) is 10.6 Å². The summed E-state index contributed by atoms with van der Waals surface area (Å²) < 4.78 is 0. The second-order valence-corrected chi connectivity index (χ2v) is 5.65. The van der Waals surface area contributed by atoms with E-state index in [9.17, 15) is 14.9 Å². The summed E-state index contributed by atoms with van der Waals surface area (Å²) in [6.45, 7) is 1.79. The number of nitrogens with one attached hydrogen (secondary N) is 2. The molecule has 0 amide bonds. The fourth-order valence-corrected chi connectivity index (χ4v) is 2.83. The van der Waals surface area contributed by atoms with Gasteiger partial charge in [0, 0.05) is 29.7 Å². The summed E-state index contributed by atoms with van der Waals surface area (Å²) in [5.41, 5.74) is 1.83.